The van der Waals surface area contributed by atoms with E-state index in [0.29, 0.717) is 44.2 Å². The molecule has 2 aromatic rings. The molecule has 0 spiro atoms. The van der Waals surface area contributed by atoms with Gasteiger partial charge in [0.1, 0.15) is 30.8 Å². The maximum atomic E-state index is 13.0. The predicted molar refractivity (Wildman–Crippen MR) is 166 cm³/mol. The third-order valence-electron chi connectivity index (χ3n) is 6.89. The molecule has 0 aromatic heterocycles. The highest BCUT2D eigenvalue weighted by molar-refractivity contribution is 7.80. The fourth-order valence-electron chi connectivity index (χ4n) is 4.60. The highest BCUT2D eigenvalue weighted by Gasteiger charge is 2.34. The first-order valence-electron chi connectivity index (χ1n) is 14.9. The number of benzene rings is 2. The number of amides is 2. The van der Waals surface area contributed by atoms with Crippen molar-refractivity contribution < 1.29 is 28.6 Å². The van der Waals surface area contributed by atoms with Crippen LogP contribution in [0.4, 0.5) is 0 Å². The van der Waals surface area contributed by atoms with E-state index in [0.717, 1.165) is 25.0 Å². The fraction of sp³-hybridized carbons (Fsp3) is 0.500. The first kappa shape index (κ1) is 32.8. The Hall–Kier alpha value is -3.66. The summed E-state index contributed by atoms with van der Waals surface area (Å²) in [5.74, 6) is 0.0482. The number of hydrogen-bond donors (Lipinski definition) is 2. The molecular formula is C32H43N3O6S. The van der Waals surface area contributed by atoms with Crippen LogP contribution in [0, 0.1) is 0 Å². The maximum absolute atomic E-state index is 13.0. The van der Waals surface area contributed by atoms with Gasteiger partial charge in [-0.3, -0.25) is 19.7 Å². The van der Waals surface area contributed by atoms with Gasteiger partial charge in [0.2, 0.25) is 5.91 Å². The number of ether oxygens (including phenoxy) is 3. The van der Waals surface area contributed by atoms with Crippen LogP contribution in [0.25, 0.3) is 0 Å². The molecule has 0 bridgehead atoms. The van der Waals surface area contributed by atoms with Crippen molar-refractivity contribution in [3.05, 3.63) is 60.2 Å². The summed E-state index contributed by atoms with van der Waals surface area (Å²) in [5.41, 5.74) is 0.349. The Labute approximate surface area is 254 Å². The Morgan fingerprint density at radius 3 is 2.31 bits per heavy atom. The third kappa shape index (κ3) is 11.7. The summed E-state index contributed by atoms with van der Waals surface area (Å²) in [6.45, 7) is 3.91. The second-order valence-corrected chi connectivity index (χ2v) is 10.6. The molecule has 3 rings (SSSR count). The van der Waals surface area contributed by atoms with Crippen molar-refractivity contribution >= 4 is 35.1 Å². The van der Waals surface area contributed by atoms with E-state index in [9.17, 15) is 14.4 Å². The zero-order valence-corrected chi connectivity index (χ0v) is 25.3. The van der Waals surface area contributed by atoms with Gasteiger partial charge in [0.25, 0.3) is 5.91 Å². The molecule has 9 nitrogen and oxygen atoms in total. The van der Waals surface area contributed by atoms with E-state index in [1.807, 2.05) is 30.3 Å². The number of carbonyl (C=O) groups is 3. The third-order valence-corrected chi connectivity index (χ3v) is 7.23. The van der Waals surface area contributed by atoms with Crippen molar-refractivity contribution in [1.29, 1.82) is 0 Å². The molecule has 0 radical (unpaired) electrons. The van der Waals surface area contributed by atoms with Crippen molar-refractivity contribution in [2.45, 2.75) is 70.8 Å². The molecule has 2 aromatic carbocycles. The van der Waals surface area contributed by atoms with Crippen molar-refractivity contribution in [3.8, 4) is 11.5 Å². The molecule has 1 aliphatic heterocycles. The Bertz CT molecular complexity index is 1150. The standard InChI is InChI=1S/C32H43N3O6S/c1-2-3-4-5-6-7-8-12-20-41-29(36)24-28-31(38)33-18-19-35(28)32(42)34-30(37)25-14-13-17-27(23-25)40-22-21-39-26-15-10-9-11-16-26/h9-11,13-17,23,28H,2-8,12,18-22,24H2,1H3,(H,33,38)(H,34,37,42). The van der Waals surface area contributed by atoms with Gasteiger partial charge in [0.05, 0.1) is 13.0 Å². The van der Waals surface area contributed by atoms with Gasteiger partial charge in [-0.25, -0.2) is 0 Å². The van der Waals surface area contributed by atoms with E-state index in [1.54, 1.807) is 29.2 Å². The van der Waals surface area contributed by atoms with Crippen LogP contribution < -0.4 is 20.1 Å². The largest absolute Gasteiger partial charge is 0.490 e. The highest BCUT2D eigenvalue weighted by atomic mass is 32.1. The summed E-state index contributed by atoms with van der Waals surface area (Å²) in [7, 11) is 0. The number of rotatable bonds is 17. The number of hydrogen-bond acceptors (Lipinski definition) is 7. The molecule has 10 heteroatoms. The van der Waals surface area contributed by atoms with Crippen LogP contribution in [0.3, 0.4) is 0 Å². The minimum absolute atomic E-state index is 0.0818. The molecule has 1 heterocycles. The van der Waals surface area contributed by atoms with Gasteiger partial charge < -0.3 is 24.4 Å². The van der Waals surface area contributed by atoms with E-state index in [2.05, 4.69) is 17.6 Å². The van der Waals surface area contributed by atoms with Crippen molar-refractivity contribution in [2.24, 2.45) is 0 Å². The summed E-state index contributed by atoms with van der Waals surface area (Å²) < 4.78 is 16.8. The fourth-order valence-corrected chi connectivity index (χ4v) is 4.91. The molecule has 2 N–H and O–H groups in total. The molecule has 1 atom stereocenters. The van der Waals surface area contributed by atoms with Gasteiger partial charge in [-0.1, -0.05) is 76.1 Å². The number of nitrogens with one attached hydrogen (secondary N) is 2. The predicted octanol–water partition coefficient (Wildman–Crippen LogP) is 5.03. The lowest BCUT2D eigenvalue weighted by Crippen LogP contribution is -2.60. The number of para-hydroxylation sites is 1. The van der Waals surface area contributed by atoms with E-state index in [4.69, 9.17) is 26.4 Å². The number of esters is 1. The molecule has 0 aliphatic carbocycles. The second kappa shape index (κ2) is 18.7. The normalized spacial score (nSPS) is 14.5. The number of carbonyl (C=O) groups excluding carboxylic acids is 3. The first-order chi connectivity index (χ1) is 20.5. The van der Waals surface area contributed by atoms with E-state index in [-0.39, 0.29) is 17.4 Å². The zero-order valence-electron chi connectivity index (χ0n) is 24.5. The minimum atomic E-state index is -0.850. The number of nitrogens with zero attached hydrogens (tertiary/aromatic N) is 1. The summed E-state index contributed by atoms with van der Waals surface area (Å²) in [6.07, 6.45) is 9.05. The van der Waals surface area contributed by atoms with Crippen molar-refractivity contribution in [3.63, 3.8) is 0 Å². The summed E-state index contributed by atoms with van der Waals surface area (Å²) >= 11 is 5.49. The molecule has 1 fully saturated rings. The maximum Gasteiger partial charge on any atom is 0.308 e. The second-order valence-electron chi connectivity index (χ2n) is 10.2. The first-order valence-corrected chi connectivity index (χ1v) is 15.3. The molecule has 1 unspecified atom stereocenters. The van der Waals surface area contributed by atoms with Gasteiger partial charge in [0, 0.05) is 18.7 Å². The van der Waals surface area contributed by atoms with Gasteiger partial charge in [0.15, 0.2) is 5.11 Å². The number of unbranched alkanes of at least 4 members (excludes halogenated alkanes) is 7. The van der Waals surface area contributed by atoms with E-state index < -0.39 is 17.9 Å². The topological polar surface area (TPSA) is 106 Å². The van der Waals surface area contributed by atoms with E-state index in [1.165, 1.54) is 32.1 Å². The lowest BCUT2D eigenvalue weighted by atomic mass is 10.1. The summed E-state index contributed by atoms with van der Waals surface area (Å²) in [6, 6.07) is 15.3. The van der Waals surface area contributed by atoms with Gasteiger partial charge in [-0.15, -0.1) is 0 Å². The van der Waals surface area contributed by atoms with Crippen LogP contribution in [-0.4, -0.2) is 66.7 Å². The van der Waals surface area contributed by atoms with Crippen LogP contribution in [0.2, 0.25) is 0 Å². The molecule has 1 saturated heterocycles. The molecular weight excluding hydrogens is 554 g/mol. The van der Waals surface area contributed by atoms with Crippen LogP contribution in [0.1, 0.15) is 75.1 Å². The van der Waals surface area contributed by atoms with Crippen LogP contribution >= 0.6 is 12.2 Å². The van der Waals surface area contributed by atoms with Crippen molar-refractivity contribution in [1.82, 2.24) is 15.5 Å². The van der Waals surface area contributed by atoms with Crippen LogP contribution in [0.15, 0.2) is 54.6 Å². The molecule has 42 heavy (non-hydrogen) atoms. The average molecular weight is 598 g/mol. The van der Waals surface area contributed by atoms with Gasteiger partial charge >= 0.3 is 5.97 Å². The molecule has 1 aliphatic rings. The number of thiocarbonyl (C=S) groups is 1. The Kier molecular flexibility index (Phi) is 14.6. The quantitative estimate of drug-likeness (QED) is 0.149. The molecule has 2 amide bonds. The Balaban J connectivity index is 1.42. The van der Waals surface area contributed by atoms with Gasteiger partial charge in [-0.2, -0.15) is 0 Å². The van der Waals surface area contributed by atoms with Crippen LogP contribution in [-0.2, 0) is 14.3 Å². The van der Waals surface area contributed by atoms with Crippen molar-refractivity contribution in [2.75, 3.05) is 32.9 Å². The molecule has 228 valence electrons. The summed E-state index contributed by atoms with van der Waals surface area (Å²) in [4.78, 5) is 39.7. The number of piperazine rings is 1. The Morgan fingerprint density at radius 1 is 0.905 bits per heavy atom. The Morgan fingerprint density at radius 2 is 1.57 bits per heavy atom. The molecule has 0 saturated carbocycles. The highest BCUT2D eigenvalue weighted by Crippen LogP contribution is 2.16. The summed E-state index contributed by atoms with van der Waals surface area (Å²) in [5, 5.41) is 5.54. The van der Waals surface area contributed by atoms with Gasteiger partial charge in [-0.05, 0) is 49.0 Å². The zero-order chi connectivity index (χ0) is 30.0. The minimum Gasteiger partial charge on any atom is -0.490 e. The van der Waals surface area contributed by atoms with Crippen LogP contribution in [0.5, 0.6) is 11.5 Å². The average Bonchev–Trinajstić information content (AvgIpc) is 3.00. The van der Waals surface area contributed by atoms with E-state index >= 15 is 0 Å². The lowest BCUT2D eigenvalue weighted by Gasteiger charge is -2.36. The lowest BCUT2D eigenvalue weighted by molar-refractivity contribution is -0.147. The SMILES string of the molecule is CCCCCCCCCCOC(=O)CC1C(=O)NCCN1C(=S)NC(=O)c1cccc(OCCOc2ccccc2)c1. The monoisotopic (exact) mass is 597 g/mol. The smallest absolute Gasteiger partial charge is 0.308 e.